The van der Waals surface area contributed by atoms with Crippen molar-refractivity contribution in [2.75, 3.05) is 5.88 Å². The van der Waals surface area contributed by atoms with Gasteiger partial charge in [0.2, 0.25) is 5.91 Å². The van der Waals surface area contributed by atoms with Crippen LogP contribution in [0.25, 0.3) is 0 Å². The highest BCUT2D eigenvalue weighted by Crippen LogP contribution is 2.06. The van der Waals surface area contributed by atoms with E-state index in [2.05, 4.69) is 5.32 Å². The van der Waals surface area contributed by atoms with E-state index in [0.717, 1.165) is 0 Å². The Morgan fingerprint density at radius 3 is 2.23 bits per heavy atom. The molecule has 0 aliphatic carbocycles. The molecule has 0 rings (SSSR count). The maximum Gasteiger partial charge on any atom is 0.220 e. The molecule has 2 atom stereocenters. The number of hydrogen-bond acceptors (Lipinski definition) is 1. The van der Waals surface area contributed by atoms with Crippen LogP contribution in [0.3, 0.4) is 0 Å². The number of carbonyl (C=O) groups excluding carboxylic acids is 1. The Morgan fingerprint density at radius 1 is 1.31 bits per heavy atom. The smallest absolute Gasteiger partial charge is 0.220 e. The highest BCUT2D eigenvalue weighted by Gasteiger charge is 2.14. The van der Waals surface area contributed by atoms with Crippen LogP contribution >= 0.6 is 11.6 Å². The second-order valence-corrected chi connectivity index (χ2v) is 4.39. The molecule has 0 aromatic carbocycles. The van der Waals surface area contributed by atoms with Crippen molar-refractivity contribution in [2.24, 2.45) is 11.8 Å². The summed E-state index contributed by atoms with van der Waals surface area (Å²) in [4.78, 5) is 11.3. The fourth-order valence-electron chi connectivity index (χ4n) is 0.960. The Hall–Kier alpha value is -0.240. The van der Waals surface area contributed by atoms with Crippen LogP contribution in [-0.4, -0.2) is 17.8 Å². The van der Waals surface area contributed by atoms with Gasteiger partial charge in [-0.15, -0.1) is 11.6 Å². The monoisotopic (exact) mass is 205 g/mol. The van der Waals surface area contributed by atoms with Gasteiger partial charge in [0, 0.05) is 18.3 Å². The second kappa shape index (κ2) is 6.25. The standard InChI is InChI=1S/C10H20ClNO/c1-7(2)5-10(13)12-9(4)8(3)6-11/h7-9H,5-6H2,1-4H3,(H,12,13). The third-order valence-electron chi connectivity index (χ3n) is 2.08. The van der Waals surface area contributed by atoms with Crippen molar-refractivity contribution in [1.29, 1.82) is 0 Å². The van der Waals surface area contributed by atoms with Crippen molar-refractivity contribution >= 4 is 17.5 Å². The summed E-state index contributed by atoms with van der Waals surface area (Å²) < 4.78 is 0. The Labute approximate surface area is 86.0 Å². The second-order valence-electron chi connectivity index (χ2n) is 4.09. The SMILES string of the molecule is CC(C)CC(=O)NC(C)C(C)CCl. The number of nitrogens with one attached hydrogen (secondary N) is 1. The molecular weight excluding hydrogens is 186 g/mol. The van der Waals surface area contributed by atoms with E-state index in [9.17, 15) is 4.79 Å². The first-order valence-electron chi connectivity index (χ1n) is 4.82. The lowest BCUT2D eigenvalue weighted by atomic mass is 10.1. The molecule has 0 aromatic heterocycles. The van der Waals surface area contributed by atoms with Crippen molar-refractivity contribution < 1.29 is 4.79 Å². The van der Waals surface area contributed by atoms with Gasteiger partial charge in [-0.05, 0) is 18.8 Å². The molecule has 0 heterocycles. The fraction of sp³-hybridized carbons (Fsp3) is 0.900. The molecule has 0 saturated carbocycles. The summed E-state index contributed by atoms with van der Waals surface area (Å²) in [5.74, 6) is 1.46. The summed E-state index contributed by atoms with van der Waals surface area (Å²) >= 11 is 5.68. The van der Waals surface area contributed by atoms with Crippen molar-refractivity contribution in [1.82, 2.24) is 5.32 Å². The Balaban J connectivity index is 3.77. The Kier molecular flexibility index (Phi) is 6.13. The van der Waals surface area contributed by atoms with Crippen LogP contribution < -0.4 is 5.32 Å². The van der Waals surface area contributed by atoms with Crippen molar-refractivity contribution in [2.45, 2.75) is 40.2 Å². The summed E-state index contributed by atoms with van der Waals surface area (Å²) in [5, 5.41) is 2.94. The van der Waals surface area contributed by atoms with Crippen molar-refractivity contribution in [3.63, 3.8) is 0 Å². The van der Waals surface area contributed by atoms with Crippen molar-refractivity contribution in [3.8, 4) is 0 Å². The molecular formula is C10H20ClNO. The van der Waals surface area contributed by atoms with Gasteiger partial charge in [0.25, 0.3) is 0 Å². The number of amides is 1. The number of alkyl halides is 1. The molecule has 0 saturated heterocycles. The summed E-state index contributed by atoms with van der Waals surface area (Å²) in [6, 6.07) is 0.170. The lowest BCUT2D eigenvalue weighted by Crippen LogP contribution is -2.38. The fourth-order valence-corrected chi connectivity index (χ4v) is 1.23. The van der Waals surface area contributed by atoms with E-state index in [1.165, 1.54) is 0 Å². The minimum Gasteiger partial charge on any atom is -0.353 e. The van der Waals surface area contributed by atoms with E-state index < -0.39 is 0 Å². The number of halogens is 1. The zero-order valence-corrected chi connectivity index (χ0v) is 9.69. The van der Waals surface area contributed by atoms with E-state index >= 15 is 0 Å². The quantitative estimate of drug-likeness (QED) is 0.687. The first-order valence-corrected chi connectivity index (χ1v) is 5.36. The van der Waals surface area contributed by atoms with Crippen LogP contribution in [0, 0.1) is 11.8 Å². The number of hydrogen-bond donors (Lipinski definition) is 1. The van der Waals surface area contributed by atoms with Gasteiger partial charge < -0.3 is 5.32 Å². The summed E-state index contributed by atoms with van der Waals surface area (Å²) in [7, 11) is 0. The molecule has 78 valence electrons. The Bertz CT molecular complexity index is 159. The van der Waals surface area contributed by atoms with Gasteiger partial charge in [-0.1, -0.05) is 20.8 Å². The molecule has 0 aliphatic rings. The molecule has 3 heteroatoms. The van der Waals surface area contributed by atoms with Gasteiger partial charge in [-0.3, -0.25) is 4.79 Å². The molecule has 0 radical (unpaired) electrons. The van der Waals surface area contributed by atoms with Gasteiger partial charge in [0.1, 0.15) is 0 Å². The first-order chi connectivity index (χ1) is 5.97. The van der Waals surface area contributed by atoms with Crippen LogP contribution in [0.5, 0.6) is 0 Å². The van der Waals surface area contributed by atoms with E-state index in [-0.39, 0.29) is 11.9 Å². The predicted molar refractivity (Wildman–Crippen MR) is 56.9 cm³/mol. The minimum absolute atomic E-state index is 0.125. The molecule has 0 fully saturated rings. The van der Waals surface area contributed by atoms with E-state index in [0.29, 0.717) is 24.1 Å². The van der Waals surface area contributed by atoms with Crippen LogP contribution in [-0.2, 0) is 4.79 Å². The molecule has 1 N–H and O–H groups in total. The lowest BCUT2D eigenvalue weighted by Gasteiger charge is -2.19. The molecule has 2 unspecified atom stereocenters. The summed E-state index contributed by atoms with van der Waals surface area (Å²) in [6.45, 7) is 8.10. The third-order valence-corrected chi connectivity index (χ3v) is 2.57. The highest BCUT2D eigenvalue weighted by atomic mass is 35.5. The van der Waals surface area contributed by atoms with E-state index in [4.69, 9.17) is 11.6 Å². The van der Waals surface area contributed by atoms with Crippen molar-refractivity contribution in [3.05, 3.63) is 0 Å². The first kappa shape index (κ1) is 12.8. The average Bonchev–Trinajstić information content (AvgIpc) is 2.01. The molecule has 0 spiro atoms. The van der Waals surface area contributed by atoms with Gasteiger partial charge >= 0.3 is 0 Å². The van der Waals surface area contributed by atoms with E-state index in [1.807, 2.05) is 27.7 Å². The maximum absolute atomic E-state index is 11.3. The van der Waals surface area contributed by atoms with Gasteiger partial charge in [0.15, 0.2) is 0 Å². The predicted octanol–water partition coefficient (Wildman–Crippen LogP) is 2.41. The molecule has 0 aromatic rings. The number of carbonyl (C=O) groups is 1. The van der Waals surface area contributed by atoms with Gasteiger partial charge in [0.05, 0.1) is 0 Å². The van der Waals surface area contributed by atoms with Crippen LogP contribution in [0.15, 0.2) is 0 Å². The van der Waals surface area contributed by atoms with Crippen LogP contribution in [0.1, 0.15) is 34.1 Å². The highest BCUT2D eigenvalue weighted by molar-refractivity contribution is 6.18. The largest absolute Gasteiger partial charge is 0.353 e. The van der Waals surface area contributed by atoms with Gasteiger partial charge in [-0.25, -0.2) is 0 Å². The van der Waals surface area contributed by atoms with E-state index in [1.54, 1.807) is 0 Å². The molecule has 0 aliphatic heterocycles. The summed E-state index contributed by atoms with van der Waals surface area (Å²) in [6.07, 6.45) is 0.597. The topological polar surface area (TPSA) is 29.1 Å². The minimum atomic E-state index is 0.125. The average molecular weight is 206 g/mol. The Morgan fingerprint density at radius 2 is 1.85 bits per heavy atom. The normalized spacial score (nSPS) is 15.5. The molecule has 1 amide bonds. The molecule has 13 heavy (non-hydrogen) atoms. The number of rotatable bonds is 5. The van der Waals surface area contributed by atoms with Gasteiger partial charge in [-0.2, -0.15) is 0 Å². The summed E-state index contributed by atoms with van der Waals surface area (Å²) in [5.41, 5.74) is 0. The molecule has 0 bridgehead atoms. The lowest BCUT2D eigenvalue weighted by molar-refractivity contribution is -0.122. The van der Waals surface area contributed by atoms with Crippen LogP contribution in [0.4, 0.5) is 0 Å². The maximum atomic E-state index is 11.3. The zero-order chi connectivity index (χ0) is 10.4. The third kappa shape index (κ3) is 5.92. The molecule has 2 nitrogen and oxygen atoms in total. The van der Waals surface area contributed by atoms with Crippen LogP contribution in [0.2, 0.25) is 0 Å². The zero-order valence-electron chi connectivity index (χ0n) is 8.93.